The molecule has 0 radical (unpaired) electrons. The number of hydrogen-bond donors (Lipinski definition) is 0. The number of nitriles is 1. The molecule has 0 spiro atoms. The zero-order valence-corrected chi connectivity index (χ0v) is 11.9. The number of benzene rings is 1. The van der Waals surface area contributed by atoms with E-state index in [9.17, 15) is 5.26 Å². The molecule has 1 aliphatic rings. The number of aromatic nitrogens is 1. The zero-order valence-electron chi connectivity index (χ0n) is 11.9. The summed E-state index contributed by atoms with van der Waals surface area (Å²) in [6.07, 6.45) is 6.03. The molecule has 0 aliphatic heterocycles. The monoisotopic (exact) mass is 278 g/mol. The average molecular weight is 278 g/mol. The molecular weight excluding hydrogens is 260 g/mol. The van der Waals surface area contributed by atoms with E-state index in [1.165, 1.54) is 0 Å². The van der Waals surface area contributed by atoms with E-state index in [2.05, 4.69) is 11.1 Å². The predicted molar refractivity (Wildman–Crippen MR) is 81.7 cm³/mol. The fraction of sp³-hybridized carbons (Fsp3) is 0.333. The highest BCUT2D eigenvalue weighted by Gasteiger charge is 2.26. The molecule has 1 heterocycles. The maximum Gasteiger partial charge on any atom is 0.119 e. The molecule has 106 valence electrons. The van der Waals surface area contributed by atoms with Gasteiger partial charge in [-0.2, -0.15) is 5.26 Å². The number of pyridine rings is 1. The van der Waals surface area contributed by atoms with Crippen LogP contribution in [0.4, 0.5) is 0 Å². The third kappa shape index (κ3) is 3.22. The van der Waals surface area contributed by atoms with Gasteiger partial charge in [-0.25, -0.2) is 0 Å². The lowest BCUT2D eigenvalue weighted by molar-refractivity contribution is 0.120. The Labute approximate surface area is 125 Å². The number of rotatable bonds is 3. The van der Waals surface area contributed by atoms with E-state index in [0.29, 0.717) is 0 Å². The van der Waals surface area contributed by atoms with Crippen molar-refractivity contribution in [3.8, 4) is 23.1 Å². The molecule has 1 saturated carbocycles. The van der Waals surface area contributed by atoms with Crippen molar-refractivity contribution in [1.29, 1.82) is 5.26 Å². The van der Waals surface area contributed by atoms with Gasteiger partial charge in [-0.1, -0.05) is 12.5 Å². The Bertz CT molecular complexity index is 616. The minimum atomic E-state index is 0.0224. The number of nitrogens with zero attached hydrogens (tertiary/aromatic N) is 2. The maximum absolute atomic E-state index is 9.19. The van der Waals surface area contributed by atoms with Crippen LogP contribution in [0.3, 0.4) is 0 Å². The predicted octanol–water partition coefficient (Wildman–Crippen LogP) is 4.21. The Hall–Kier alpha value is -2.34. The van der Waals surface area contributed by atoms with E-state index in [1.54, 1.807) is 6.20 Å². The molecule has 0 bridgehead atoms. The summed E-state index contributed by atoms with van der Waals surface area (Å²) in [5, 5.41) is 9.19. The van der Waals surface area contributed by atoms with Crippen molar-refractivity contribution < 1.29 is 4.74 Å². The third-order valence-electron chi connectivity index (χ3n) is 3.97. The average Bonchev–Trinajstić information content (AvgIpc) is 2.57. The molecule has 3 heteroatoms. The number of ether oxygens (including phenoxy) is 1. The smallest absolute Gasteiger partial charge is 0.119 e. The topological polar surface area (TPSA) is 45.9 Å². The minimum Gasteiger partial charge on any atom is -0.489 e. The summed E-state index contributed by atoms with van der Waals surface area (Å²) in [5.41, 5.74) is 2.03. The Balaban J connectivity index is 1.71. The molecule has 2 aromatic rings. The fourth-order valence-corrected chi connectivity index (χ4v) is 2.80. The van der Waals surface area contributed by atoms with Crippen LogP contribution < -0.4 is 4.74 Å². The van der Waals surface area contributed by atoms with E-state index < -0.39 is 0 Å². The molecule has 2 unspecified atom stereocenters. The quantitative estimate of drug-likeness (QED) is 0.844. The molecule has 0 amide bonds. The van der Waals surface area contributed by atoms with Gasteiger partial charge in [0.15, 0.2) is 0 Å². The molecule has 0 saturated heterocycles. The highest BCUT2D eigenvalue weighted by molar-refractivity contribution is 5.59. The van der Waals surface area contributed by atoms with Gasteiger partial charge in [-0.3, -0.25) is 4.98 Å². The Morgan fingerprint density at radius 1 is 1.05 bits per heavy atom. The van der Waals surface area contributed by atoms with Crippen LogP contribution in [0.15, 0.2) is 48.7 Å². The third-order valence-corrected chi connectivity index (χ3v) is 3.97. The maximum atomic E-state index is 9.19. The summed E-state index contributed by atoms with van der Waals surface area (Å²) in [4.78, 5) is 4.34. The standard InChI is InChI=1S/C18H18N2O/c19-13-15-5-1-2-7-18(15)21-16-10-8-14(9-11-16)17-6-3-4-12-20-17/h3-4,6,8-12,15,18H,1-2,5,7H2. The molecule has 21 heavy (non-hydrogen) atoms. The minimum absolute atomic E-state index is 0.0224. The molecule has 0 N–H and O–H groups in total. The van der Waals surface area contributed by atoms with E-state index >= 15 is 0 Å². The lowest BCUT2D eigenvalue weighted by Crippen LogP contribution is -2.29. The van der Waals surface area contributed by atoms with Crippen molar-refractivity contribution >= 4 is 0 Å². The molecule has 1 fully saturated rings. The number of hydrogen-bond acceptors (Lipinski definition) is 3. The lowest BCUT2D eigenvalue weighted by atomic mass is 9.87. The summed E-state index contributed by atoms with van der Waals surface area (Å²) in [6.45, 7) is 0. The van der Waals surface area contributed by atoms with Crippen molar-refractivity contribution in [3.05, 3.63) is 48.7 Å². The van der Waals surface area contributed by atoms with Crippen molar-refractivity contribution in [2.45, 2.75) is 31.8 Å². The normalized spacial score (nSPS) is 21.5. The second kappa shape index (κ2) is 6.41. The van der Waals surface area contributed by atoms with E-state index in [0.717, 1.165) is 42.7 Å². The van der Waals surface area contributed by atoms with Crippen LogP contribution in [0.2, 0.25) is 0 Å². The van der Waals surface area contributed by atoms with Gasteiger partial charge < -0.3 is 4.74 Å². The van der Waals surface area contributed by atoms with E-state index in [-0.39, 0.29) is 12.0 Å². The first-order valence-corrected chi connectivity index (χ1v) is 7.44. The van der Waals surface area contributed by atoms with Crippen LogP contribution in [-0.2, 0) is 0 Å². The zero-order chi connectivity index (χ0) is 14.5. The highest BCUT2D eigenvalue weighted by atomic mass is 16.5. The van der Waals surface area contributed by atoms with Crippen molar-refractivity contribution in [2.75, 3.05) is 0 Å². The summed E-state index contributed by atoms with van der Waals surface area (Å²) in [6, 6.07) is 16.2. The van der Waals surface area contributed by atoms with E-state index in [4.69, 9.17) is 4.74 Å². The summed E-state index contributed by atoms with van der Waals surface area (Å²) < 4.78 is 6.01. The van der Waals surface area contributed by atoms with Crippen LogP contribution in [0.5, 0.6) is 5.75 Å². The highest BCUT2D eigenvalue weighted by Crippen LogP contribution is 2.29. The Morgan fingerprint density at radius 2 is 1.86 bits per heavy atom. The first-order valence-electron chi connectivity index (χ1n) is 7.44. The van der Waals surface area contributed by atoms with E-state index in [1.807, 2.05) is 42.5 Å². The van der Waals surface area contributed by atoms with Crippen LogP contribution in [0.1, 0.15) is 25.7 Å². The Morgan fingerprint density at radius 3 is 2.57 bits per heavy atom. The Kier molecular flexibility index (Phi) is 4.16. The summed E-state index contributed by atoms with van der Waals surface area (Å²) in [7, 11) is 0. The molecule has 1 aromatic heterocycles. The van der Waals surface area contributed by atoms with Crippen LogP contribution >= 0.6 is 0 Å². The molecule has 3 rings (SSSR count). The molecule has 3 nitrogen and oxygen atoms in total. The van der Waals surface area contributed by atoms with Crippen LogP contribution in [0, 0.1) is 17.2 Å². The molecule has 1 aromatic carbocycles. The largest absolute Gasteiger partial charge is 0.489 e. The van der Waals surface area contributed by atoms with Crippen molar-refractivity contribution in [1.82, 2.24) is 4.98 Å². The van der Waals surface area contributed by atoms with Gasteiger partial charge in [0.2, 0.25) is 0 Å². The molecule has 2 atom stereocenters. The lowest BCUT2D eigenvalue weighted by Gasteiger charge is -2.27. The van der Waals surface area contributed by atoms with Crippen molar-refractivity contribution in [2.24, 2.45) is 5.92 Å². The van der Waals surface area contributed by atoms with Crippen molar-refractivity contribution in [3.63, 3.8) is 0 Å². The van der Waals surface area contributed by atoms with Gasteiger partial charge in [0.1, 0.15) is 11.9 Å². The SMILES string of the molecule is N#CC1CCCCC1Oc1ccc(-c2ccccn2)cc1. The second-order valence-corrected chi connectivity index (χ2v) is 5.42. The van der Waals surface area contributed by atoms with Gasteiger partial charge in [0.25, 0.3) is 0 Å². The van der Waals surface area contributed by atoms with Crippen LogP contribution in [-0.4, -0.2) is 11.1 Å². The van der Waals surface area contributed by atoms with Gasteiger partial charge in [0, 0.05) is 11.8 Å². The summed E-state index contributed by atoms with van der Waals surface area (Å²) >= 11 is 0. The van der Waals surface area contributed by atoms with Gasteiger partial charge in [-0.05, 0) is 55.7 Å². The molecular formula is C18H18N2O. The van der Waals surface area contributed by atoms with Gasteiger partial charge in [0.05, 0.1) is 17.7 Å². The fourth-order valence-electron chi connectivity index (χ4n) is 2.80. The van der Waals surface area contributed by atoms with Gasteiger partial charge in [-0.15, -0.1) is 0 Å². The van der Waals surface area contributed by atoms with Gasteiger partial charge >= 0.3 is 0 Å². The molecule has 1 aliphatic carbocycles. The second-order valence-electron chi connectivity index (χ2n) is 5.42. The first-order chi connectivity index (χ1) is 10.4. The summed E-state index contributed by atoms with van der Waals surface area (Å²) in [5.74, 6) is 0.857. The van der Waals surface area contributed by atoms with Crippen LogP contribution in [0.25, 0.3) is 11.3 Å². The first kappa shape index (κ1) is 13.6.